The molecule has 2 aromatic rings. The number of hydrogen-bond donors (Lipinski definition) is 1. The van der Waals surface area contributed by atoms with E-state index >= 15 is 0 Å². The molecule has 19 heavy (non-hydrogen) atoms. The van der Waals surface area contributed by atoms with E-state index in [2.05, 4.69) is 15.9 Å². The van der Waals surface area contributed by atoms with Crippen molar-refractivity contribution in [3.63, 3.8) is 0 Å². The third-order valence-electron chi connectivity index (χ3n) is 2.69. The molecule has 0 aliphatic heterocycles. The molecule has 0 fully saturated rings. The van der Waals surface area contributed by atoms with Crippen molar-refractivity contribution >= 4 is 27.5 Å². The van der Waals surface area contributed by atoms with Gasteiger partial charge < -0.3 is 10.0 Å². The highest BCUT2D eigenvalue weighted by atomic mass is 79.9. The molecule has 0 saturated carbocycles. The fourth-order valence-electron chi connectivity index (χ4n) is 1.67. The van der Waals surface area contributed by atoms with Gasteiger partial charge in [-0.1, -0.05) is 22.0 Å². The summed E-state index contributed by atoms with van der Waals surface area (Å²) >= 11 is 3.20. The van der Waals surface area contributed by atoms with Crippen molar-refractivity contribution in [1.82, 2.24) is 0 Å². The molecule has 5 heteroatoms. The number of rotatable bonds is 2. The van der Waals surface area contributed by atoms with Gasteiger partial charge in [-0.3, -0.25) is 4.79 Å². The molecule has 0 atom stereocenters. The van der Waals surface area contributed by atoms with Gasteiger partial charge in [0.05, 0.1) is 5.56 Å². The second-order valence-corrected chi connectivity index (χ2v) is 4.92. The van der Waals surface area contributed by atoms with Crippen LogP contribution in [0.25, 0.3) is 0 Å². The first-order valence-electron chi connectivity index (χ1n) is 5.51. The third kappa shape index (κ3) is 2.93. The van der Waals surface area contributed by atoms with Gasteiger partial charge in [0, 0.05) is 17.2 Å². The van der Waals surface area contributed by atoms with Crippen LogP contribution in [-0.2, 0) is 0 Å². The number of anilines is 1. The maximum absolute atomic E-state index is 13.1. The molecule has 3 nitrogen and oxygen atoms in total. The normalized spacial score (nSPS) is 10.3. The Hall–Kier alpha value is -1.88. The van der Waals surface area contributed by atoms with Gasteiger partial charge in [0.25, 0.3) is 5.91 Å². The first-order chi connectivity index (χ1) is 8.99. The summed E-state index contributed by atoms with van der Waals surface area (Å²) in [7, 11) is 1.53. The molecule has 98 valence electrons. The molecule has 0 saturated heterocycles. The predicted molar refractivity (Wildman–Crippen MR) is 74.9 cm³/mol. The zero-order chi connectivity index (χ0) is 14.0. The predicted octanol–water partition coefficient (Wildman–Crippen LogP) is 3.57. The van der Waals surface area contributed by atoms with Crippen LogP contribution in [0.4, 0.5) is 10.1 Å². The van der Waals surface area contributed by atoms with E-state index in [1.54, 1.807) is 12.1 Å². The van der Waals surface area contributed by atoms with Gasteiger partial charge in [0.2, 0.25) is 0 Å². The van der Waals surface area contributed by atoms with E-state index in [1.807, 2.05) is 0 Å². The smallest absolute Gasteiger partial charge is 0.261 e. The Morgan fingerprint density at radius 1 is 1.26 bits per heavy atom. The largest absolute Gasteiger partial charge is 0.507 e. The van der Waals surface area contributed by atoms with Crippen LogP contribution < -0.4 is 4.90 Å². The number of phenols is 1. The number of nitrogens with zero attached hydrogens (tertiary/aromatic N) is 1. The Bertz CT molecular complexity index is 631. The van der Waals surface area contributed by atoms with Crippen LogP contribution in [0.2, 0.25) is 0 Å². The molecule has 2 rings (SSSR count). The number of aromatic hydroxyl groups is 1. The summed E-state index contributed by atoms with van der Waals surface area (Å²) in [6.45, 7) is 0. The molecule has 2 aromatic carbocycles. The van der Waals surface area contributed by atoms with E-state index in [-0.39, 0.29) is 11.3 Å². The molecule has 0 unspecified atom stereocenters. The third-order valence-corrected chi connectivity index (χ3v) is 3.18. The van der Waals surface area contributed by atoms with Crippen molar-refractivity contribution < 1.29 is 14.3 Å². The minimum absolute atomic E-state index is 0.123. The van der Waals surface area contributed by atoms with Gasteiger partial charge in [-0.15, -0.1) is 0 Å². The second kappa shape index (κ2) is 5.40. The maximum Gasteiger partial charge on any atom is 0.261 e. The molecule has 0 heterocycles. The summed E-state index contributed by atoms with van der Waals surface area (Å²) in [5.74, 6) is -0.949. The van der Waals surface area contributed by atoms with Gasteiger partial charge in [-0.2, -0.15) is 0 Å². The number of phenolic OH excluding ortho intramolecular Hbond substituents is 1. The Morgan fingerprint density at radius 2 is 2.00 bits per heavy atom. The highest BCUT2D eigenvalue weighted by Gasteiger charge is 2.17. The lowest BCUT2D eigenvalue weighted by Crippen LogP contribution is -2.26. The van der Waals surface area contributed by atoms with E-state index in [0.29, 0.717) is 10.2 Å². The Balaban J connectivity index is 2.33. The highest BCUT2D eigenvalue weighted by molar-refractivity contribution is 9.10. The number of amides is 1. The lowest BCUT2D eigenvalue weighted by Gasteiger charge is -2.18. The van der Waals surface area contributed by atoms with E-state index in [1.165, 1.54) is 42.3 Å². The Morgan fingerprint density at radius 3 is 2.63 bits per heavy atom. The number of halogens is 2. The van der Waals surface area contributed by atoms with Crippen LogP contribution >= 0.6 is 15.9 Å². The minimum atomic E-state index is -0.419. The zero-order valence-corrected chi connectivity index (χ0v) is 11.7. The van der Waals surface area contributed by atoms with Crippen LogP contribution in [0.1, 0.15) is 10.4 Å². The van der Waals surface area contributed by atoms with Crippen molar-refractivity contribution in [1.29, 1.82) is 0 Å². The SMILES string of the molecule is CN(C(=O)c1ccc(Br)cc1O)c1cccc(F)c1. The molecule has 0 spiro atoms. The molecule has 0 aliphatic rings. The van der Waals surface area contributed by atoms with E-state index in [9.17, 15) is 14.3 Å². The van der Waals surface area contributed by atoms with Gasteiger partial charge in [0.15, 0.2) is 0 Å². The van der Waals surface area contributed by atoms with Gasteiger partial charge in [-0.25, -0.2) is 4.39 Å². The molecule has 1 N–H and O–H groups in total. The van der Waals surface area contributed by atoms with Gasteiger partial charge in [0.1, 0.15) is 11.6 Å². The maximum atomic E-state index is 13.1. The quantitative estimate of drug-likeness (QED) is 0.917. The zero-order valence-electron chi connectivity index (χ0n) is 10.1. The fraction of sp³-hybridized carbons (Fsp3) is 0.0714. The molecule has 0 radical (unpaired) electrons. The number of carbonyl (C=O) groups excluding carboxylic acids is 1. The molecule has 1 amide bonds. The molecular weight excluding hydrogens is 313 g/mol. The summed E-state index contributed by atoms with van der Waals surface area (Å²) in [5, 5.41) is 9.76. The van der Waals surface area contributed by atoms with Crippen molar-refractivity contribution in [3.8, 4) is 5.75 Å². The van der Waals surface area contributed by atoms with E-state index in [0.717, 1.165) is 0 Å². The van der Waals surface area contributed by atoms with E-state index in [4.69, 9.17) is 0 Å². The topological polar surface area (TPSA) is 40.5 Å². The van der Waals surface area contributed by atoms with Gasteiger partial charge in [-0.05, 0) is 36.4 Å². The van der Waals surface area contributed by atoms with Gasteiger partial charge >= 0.3 is 0 Å². The van der Waals surface area contributed by atoms with Crippen LogP contribution in [0.5, 0.6) is 5.75 Å². The molecular formula is C14H11BrFNO2. The second-order valence-electron chi connectivity index (χ2n) is 4.01. The fourth-order valence-corrected chi connectivity index (χ4v) is 2.02. The minimum Gasteiger partial charge on any atom is -0.507 e. The van der Waals surface area contributed by atoms with Crippen LogP contribution in [0.15, 0.2) is 46.9 Å². The number of benzene rings is 2. The molecule has 0 bridgehead atoms. The van der Waals surface area contributed by atoms with E-state index < -0.39 is 11.7 Å². The molecule has 0 aliphatic carbocycles. The first-order valence-corrected chi connectivity index (χ1v) is 6.30. The summed E-state index contributed by atoms with van der Waals surface area (Å²) < 4.78 is 13.8. The lowest BCUT2D eigenvalue weighted by atomic mass is 10.1. The highest BCUT2D eigenvalue weighted by Crippen LogP contribution is 2.25. The first kappa shape index (κ1) is 13.5. The summed E-state index contributed by atoms with van der Waals surface area (Å²) in [5.41, 5.74) is 0.585. The summed E-state index contributed by atoms with van der Waals surface area (Å²) in [6, 6.07) is 10.3. The van der Waals surface area contributed by atoms with Crippen molar-refractivity contribution in [3.05, 3.63) is 58.3 Å². The van der Waals surface area contributed by atoms with Crippen LogP contribution in [-0.4, -0.2) is 18.1 Å². The monoisotopic (exact) mass is 323 g/mol. The average Bonchev–Trinajstić information content (AvgIpc) is 2.37. The molecule has 0 aromatic heterocycles. The number of hydrogen-bond acceptors (Lipinski definition) is 2. The lowest BCUT2D eigenvalue weighted by molar-refractivity contribution is 0.0990. The van der Waals surface area contributed by atoms with Crippen molar-refractivity contribution in [2.45, 2.75) is 0 Å². The van der Waals surface area contributed by atoms with Crippen LogP contribution in [0, 0.1) is 5.82 Å². The average molecular weight is 324 g/mol. The standard InChI is InChI=1S/C14H11BrFNO2/c1-17(11-4-2-3-10(16)8-11)14(19)12-6-5-9(15)7-13(12)18/h2-8,18H,1H3. The number of carbonyl (C=O) groups is 1. The Labute approximate surface area is 118 Å². The van der Waals surface area contributed by atoms with Crippen molar-refractivity contribution in [2.24, 2.45) is 0 Å². The Kier molecular flexibility index (Phi) is 3.85. The summed E-state index contributed by atoms with van der Waals surface area (Å²) in [4.78, 5) is 13.5. The van der Waals surface area contributed by atoms with Crippen molar-refractivity contribution in [2.75, 3.05) is 11.9 Å². The summed E-state index contributed by atoms with van der Waals surface area (Å²) in [6.07, 6.45) is 0. The van der Waals surface area contributed by atoms with Crippen LogP contribution in [0.3, 0.4) is 0 Å².